The Morgan fingerprint density at radius 2 is 2.38 bits per heavy atom. The first-order valence-corrected chi connectivity index (χ1v) is 8.44. The minimum Gasteiger partial charge on any atom is -0.481 e. The number of fused-ring (bicyclic) bond motifs is 1. The van der Waals surface area contributed by atoms with Crippen LogP contribution in [0.15, 0.2) is 17.4 Å². The predicted octanol–water partition coefficient (Wildman–Crippen LogP) is 2.28. The molecule has 0 aromatic carbocycles. The summed E-state index contributed by atoms with van der Waals surface area (Å²) in [6.45, 7) is 2.67. The van der Waals surface area contributed by atoms with Crippen molar-refractivity contribution in [2.75, 3.05) is 17.3 Å². The fourth-order valence-electron chi connectivity index (χ4n) is 1.82. The number of pyridine rings is 1. The number of hydrogen-bond acceptors (Lipinski definition) is 5. The van der Waals surface area contributed by atoms with Crippen LogP contribution in [-0.4, -0.2) is 42.9 Å². The Labute approximate surface area is 131 Å². The third-order valence-corrected chi connectivity index (χ3v) is 4.46. The van der Waals surface area contributed by atoms with Crippen molar-refractivity contribution in [2.24, 2.45) is 0 Å². The van der Waals surface area contributed by atoms with E-state index in [0.29, 0.717) is 17.5 Å². The zero-order valence-corrected chi connectivity index (χ0v) is 13.2. The number of thioether (sulfide) groups is 2. The van der Waals surface area contributed by atoms with E-state index < -0.39 is 5.97 Å². The molecule has 1 N–H and O–H groups in total. The molecule has 0 aliphatic rings. The second-order valence-electron chi connectivity index (χ2n) is 4.34. The summed E-state index contributed by atoms with van der Waals surface area (Å²) in [5, 5.41) is 9.52. The van der Waals surface area contributed by atoms with Crippen LogP contribution < -0.4 is 0 Å². The summed E-state index contributed by atoms with van der Waals surface area (Å²) < 4.78 is 1.96. The normalized spacial score (nSPS) is 10.7. The highest BCUT2D eigenvalue weighted by Gasteiger charge is 2.13. The van der Waals surface area contributed by atoms with Crippen LogP contribution in [0.1, 0.15) is 5.56 Å². The monoisotopic (exact) mass is 321 g/mol. The number of carboxylic acids is 1. The maximum atomic E-state index is 10.8. The Morgan fingerprint density at radius 3 is 3.10 bits per heavy atom. The molecule has 2 rings (SSSR count). The molecule has 0 amide bonds. The molecular weight excluding hydrogens is 306 g/mol. The van der Waals surface area contributed by atoms with Crippen molar-refractivity contribution in [3.63, 3.8) is 0 Å². The van der Waals surface area contributed by atoms with Crippen molar-refractivity contribution in [1.29, 1.82) is 0 Å². The van der Waals surface area contributed by atoms with Gasteiger partial charge in [-0.3, -0.25) is 4.79 Å². The Bertz CT molecular complexity index is 691. The van der Waals surface area contributed by atoms with Gasteiger partial charge in [-0.05, 0) is 18.6 Å². The summed E-state index contributed by atoms with van der Waals surface area (Å²) in [4.78, 5) is 19.7. The van der Waals surface area contributed by atoms with Crippen LogP contribution in [0.4, 0.5) is 0 Å². The third kappa shape index (κ3) is 4.16. The lowest BCUT2D eigenvalue weighted by atomic mass is 10.3. The van der Waals surface area contributed by atoms with Gasteiger partial charge in [0.25, 0.3) is 0 Å². The van der Waals surface area contributed by atoms with Gasteiger partial charge in [0.2, 0.25) is 0 Å². The van der Waals surface area contributed by atoms with Gasteiger partial charge in [0.15, 0.2) is 10.8 Å². The number of rotatable bonds is 7. The lowest BCUT2D eigenvalue weighted by Gasteiger charge is -2.06. The van der Waals surface area contributed by atoms with Crippen LogP contribution in [0, 0.1) is 19.3 Å². The Balaban J connectivity index is 2.26. The molecule has 0 unspecified atom stereocenters. The van der Waals surface area contributed by atoms with Crippen LogP contribution in [0.25, 0.3) is 11.2 Å². The fraction of sp³-hybridized carbons (Fsp3) is 0.357. The average Bonchev–Trinajstić information content (AvgIpc) is 2.78. The van der Waals surface area contributed by atoms with Crippen LogP contribution in [0.3, 0.4) is 0 Å². The SMILES string of the molecule is C#CCSCCn1c(SCC(=O)O)nc2cc(C)cnc21. The molecule has 0 atom stereocenters. The number of aromatic nitrogens is 3. The molecule has 7 heteroatoms. The van der Waals surface area contributed by atoms with Crippen LogP contribution >= 0.6 is 23.5 Å². The summed E-state index contributed by atoms with van der Waals surface area (Å²) in [5.41, 5.74) is 2.61. The van der Waals surface area contributed by atoms with E-state index >= 15 is 0 Å². The molecular formula is C14H15N3O2S2. The van der Waals surface area contributed by atoms with Gasteiger partial charge in [0, 0.05) is 18.5 Å². The van der Waals surface area contributed by atoms with E-state index in [0.717, 1.165) is 22.5 Å². The second kappa shape index (κ2) is 7.38. The standard InChI is InChI=1S/C14H15N3O2S2/c1-3-5-20-6-4-17-13-11(7-10(2)8-15-13)16-14(17)21-9-12(18)19/h1,7-8H,4-6,9H2,2H3,(H,18,19). The number of hydrogen-bond donors (Lipinski definition) is 1. The molecule has 0 radical (unpaired) electrons. The molecule has 21 heavy (non-hydrogen) atoms. The van der Waals surface area contributed by atoms with Gasteiger partial charge in [-0.2, -0.15) is 0 Å². The molecule has 0 spiro atoms. The van der Waals surface area contributed by atoms with Crippen molar-refractivity contribution in [1.82, 2.24) is 14.5 Å². The van der Waals surface area contributed by atoms with Crippen molar-refractivity contribution in [3.05, 3.63) is 17.8 Å². The van der Waals surface area contributed by atoms with Crippen molar-refractivity contribution in [2.45, 2.75) is 18.6 Å². The minimum absolute atomic E-state index is 0.0141. The molecule has 5 nitrogen and oxygen atoms in total. The number of carboxylic acid groups (broad SMARTS) is 1. The number of carbonyl (C=O) groups is 1. The van der Waals surface area contributed by atoms with Gasteiger partial charge in [0.1, 0.15) is 5.52 Å². The highest BCUT2D eigenvalue weighted by Crippen LogP contribution is 2.23. The number of aliphatic carboxylic acids is 1. The number of terminal acetylenes is 1. The van der Waals surface area contributed by atoms with Gasteiger partial charge in [-0.15, -0.1) is 18.2 Å². The van der Waals surface area contributed by atoms with Crippen LogP contribution in [0.2, 0.25) is 0 Å². The molecule has 0 bridgehead atoms. The summed E-state index contributed by atoms with van der Waals surface area (Å²) in [7, 11) is 0. The Kier molecular flexibility index (Phi) is 5.53. The second-order valence-corrected chi connectivity index (χ2v) is 6.39. The molecule has 2 heterocycles. The molecule has 2 aromatic heterocycles. The number of imidazole rings is 1. The number of nitrogens with zero attached hydrogens (tertiary/aromatic N) is 3. The van der Waals surface area contributed by atoms with Gasteiger partial charge >= 0.3 is 5.97 Å². The van der Waals surface area contributed by atoms with Crippen molar-refractivity contribution < 1.29 is 9.90 Å². The summed E-state index contributed by atoms with van der Waals surface area (Å²) >= 11 is 2.87. The zero-order valence-electron chi connectivity index (χ0n) is 11.6. The predicted molar refractivity (Wildman–Crippen MR) is 86.8 cm³/mol. The van der Waals surface area contributed by atoms with Gasteiger partial charge in [0.05, 0.1) is 11.5 Å². The van der Waals surface area contributed by atoms with Crippen LogP contribution in [0.5, 0.6) is 0 Å². The third-order valence-electron chi connectivity index (χ3n) is 2.66. The largest absolute Gasteiger partial charge is 0.481 e. The highest BCUT2D eigenvalue weighted by atomic mass is 32.2. The fourth-order valence-corrected chi connectivity index (χ4v) is 3.14. The van der Waals surface area contributed by atoms with Gasteiger partial charge < -0.3 is 9.67 Å². The smallest absolute Gasteiger partial charge is 0.313 e. The first kappa shape index (κ1) is 15.7. The van der Waals surface area contributed by atoms with Crippen molar-refractivity contribution in [3.8, 4) is 12.3 Å². The first-order valence-electron chi connectivity index (χ1n) is 6.30. The quantitative estimate of drug-likeness (QED) is 0.479. The maximum Gasteiger partial charge on any atom is 0.313 e. The molecule has 0 aliphatic carbocycles. The molecule has 0 saturated heterocycles. The lowest BCUT2D eigenvalue weighted by Crippen LogP contribution is -2.06. The van der Waals surface area contributed by atoms with E-state index in [-0.39, 0.29) is 5.75 Å². The summed E-state index contributed by atoms with van der Waals surface area (Å²) in [6, 6.07) is 1.96. The summed E-state index contributed by atoms with van der Waals surface area (Å²) in [5.74, 6) is 3.22. The van der Waals surface area contributed by atoms with E-state index in [1.165, 1.54) is 11.8 Å². The molecule has 0 fully saturated rings. The van der Waals surface area contributed by atoms with Gasteiger partial charge in [-0.25, -0.2) is 9.97 Å². The van der Waals surface area contributed by atoms with E-state index in [9.17, 15) is 4.79 Å². The van der Waals surface area contributed by atoms with E-state index in [1.54, 1.807) is 18.0 Å². The highest BCUT2D eigenvalue weighted by molar-refractivity contribution is 8.00. The zero-order chi connectivity index (χ0) is 15.2. The van der Waals surface area contributed by atoms with E-state index in [1.807, 2.05) is 17.6 Å². The Morgan fingerprint density at radius 1 is 1.57 bits per heavy atom. The summed E-state index contributed by atoms with van der Waals surface area (Å²) in [6.07, 6.45) is 7.03. The minimum atomic E-state index is -0.857. The molecule has 0 saturated carbocycles. The van der Waals surface area contributed by atoms with Gasteiger partial charge in [-0.1, -0.05) is 17.7 Å². The molecule has 2 aromatic rings. The van der Waals surface area contributed by atoms with E-state index in [2.05, 4.69) is 15.9 Å². The maximum absolute atomic E-state index is 10.8. The topological polar surface area (TPSA) is 68.0 Å². The van der Waals surface area contributed by atoms with Crippen LogP contribution in [-0.2, 0) is 11.3 Å². The number of aryl methyl sites for hydroxylation is 2. The van der Waals surface area contributed by atoms with E-state index in [4.69, 9.17) is 11.5 Å². The van der Waals surface area contributed by atoms with Crippen molar-refractivity contribution >= 4 is 40.7 Å². The average molecular weight is 321 g/mol. The molecule has 0 aliphatic heterocycles. The lowest BCUT2D eigenvalue weighted by molar-refractivity contribution is -0.133. The Hall–Kier alpha value is -1.65. The first-order chi connectivity index (χ1) is 10.1. The molecule has 110 valence electrons.